The highest BCUT2D eigenvalue weighted by atomic mass is 16.6. The molecule has 0 aliphatic rings. The van der Waals surface area contributed by atoms with Gasteiger partial charge in [0.05, 0.1) is 17.6 Å². The van der Waals surface area contributed by atoms with Crippen LogP contribution in [0.25, 0.3) is 0 Å². The maximum Gasteiger partial charge on any atom is 0.311 e. The Bertz CT molecular complexity index is 443. The summed E-state index contributed by atoms with van der Waals surface area (Å²) in [5, 5.41) is 20.1. The quantitative estimate of drug-likeness (QED) is 0.586. The van der Waals surface area contributed by atoms with Crippen molar-refractivity contribution in [1.82, 2.24) is 0 Å². The summed E-state index contributed by atoms with van der Waals surface area (Å²) in [6.45, 7) is 7.01. The molecular formula is C14H22N2O4. The Morgan fingerprint density at radius 1 is 1.40 bits per heavy atom. The number of nitrogens with zero attached hydrogens (tertiary/aromatic N) is 2. The third-order valence-electron chi connectivity index (χ3n) is 2.73. The van der Waals surface area contributed by atoms with E-state index in [0.29, 0.717) is 6.54 Å². The number of aliphatic hydroxyl groups excluding tert-OH is 1. The first-order valence-electron chi connectivity index (χ1n) is 6.80. The van der Waals surface area contributed by atoms with E-state index in [1.165, 1.54) is 6.07 Å². The van der Waals surface area contributed by atoms with E-state index in [9.17, 15) is 10.1 Å². The topological polar surface area (TPSA) is 75.8 Å². The number of ether oxygens (including phenoxy) is 1. The van der Waals surface area contributed by atoms with Gasteiger partial charge in [-0.25, -0.2) is 0 Å². The van der Waals surface area contributed by atoms with Crippen molar-refractivity contribution in [3.63, 3.8) is 0 Å². The molecule has 1 N–H and O–H groups in total. The highest BCUT2D eigenvalue weighted by Crippen LogP contribution is 2.32. The molecule has 0 saturated heterocycles. The number of aliphatic hydroxyl groups is 1. The first-order valence-corrected chi connectivity index (χ1v) is 6.80. The summed E-state index contributed by atoms with van der Waals surface area (Å²) in [5.41, 5.74) is 0.782. The van der Waals surface area contributed by atoms with E-state index in [1.54, 1.807) is 12.1 Å². The fourth-order valence-corrected chi connectivity index (χ4v) is 1.96. The van der Waals surface area contributed by atoms with Gasteiger partial charge in [-0.15, -0.1) is 0 Å². The average molecular weight is 282 g/mol. The van der Waals surface area contributed by atoms with Crippen LogP contribution in [0.4, 0.5) is 11.4 Å². The van der Waals surface area contributed by atoms with Crippen molar-refractivity contribution in [2.45, 2.75) is 33.3 Å². The van der Waals surface area contributed by atoms with Gasteiger partial charge in [-0.05, 0) is 26.3 Å². The molecule has 1 aromatic rings. The standard InChI is InChI=1S/C14H22N2O4/c1-4-7-15(8-9-17)12-5-6-13(16(18)19)14(10-12)20-11(2)3/h5-6,10-11,17H,4,7-9H2,1-3H3. The molecule has 0 radical (unpaired) electrons. The Labute approximate surface area is 119 Å². The Hall–Kier alpha value is -1.82. The SMILES string of the molecule is CCCN(CCO)c1ccc([N+](=O)[O-])c(OC(C)C)c1. The molecule has 0 aromatic heterocycles. The van der Waals surface area contributed by atoms with Gasteiger partial charge in [-0.2, -0.15) is 0 Å². The number of hydrogen-bond acceptors (Lipinski definition) is 5. The van der Waals surface area contributed by atoms with Crippen molar-refractivity contribution in [1.29, 1.82) is 0 Å². The highest BCUT2D eigenvalue weighted by Gasteiger charge is 2.18. The lowest BCUT2D eigenvalue weighted by Gasteiger charge is -2.24. The Morgan fingerprint density at radius 3 is 2.60 bits per heavy atom. The average Bonchev–Trinajstić information content (AvgIpc) is 2.37. The second kappa shape index (κ2) is 7.69. The Morgan fingerprint density at radius 2 is 2.10 bits per heavy atom. The van der Waals surface area contributed by atoms with Crippen molar-refractivity contribution in [3.05, 3.63) is 28.3 Å². The zero-order chi connectivity index (χ0) is 15.1. The fourth-order valence-electron chi connectivity index (χ4n) is 1.96. The smallest absolute Gasteiger partial charge is 0.311 e. The Kier molecular flexibility index (Phi) is 6.24. The molecule has 6 nitrogen and oxygen atoms in total. The molecule has 0 atom stereocenters. The predicted molar refractivity (Wildman–Crippen MR) is 78.5 cm³/mol. The number of rotatable bonds is 8. The lowest BCUT2D eigenvalue weighted by atomic mass is 10.2. The summed E-state index contributed by atoms with van der Waals surface area (Å²) >= 11 is 0. The van der Waals surface area contributed by atoms with Crippen molar-refractivity contribution >= 4 is 11.4 Å². The second-order valence-electron chi connectivity index (χ2n) is 4.79. The fraction of sp³-hybridized carbons (Fsp3) is 0.571. The monoisotopic (exact) mass is 282 g/mol. The first kappa shape index (κ1) is 16.2. The molecule has 1 aromatic carbocycles. The molecule has 0 amide bonds. The molecule has 0 spiro atoms. The maximum atomic E-state index is 11.0. The molecule has 1 rings (SSSR count). The van der Waals surface area contributed by atoms with Gasteiger partial charge in [0.1, 0.15) is 0 Å². The summed E-state index contributed by atoms with van der Waals surface area (Å²) in [6, 6.07) is 4.81. The third kappa shape index (κ3) is 4.38. The molecule has 112 valence electrons. The normalized spacial score (nSPS) is 10.7. The molecule has 20 heavy (non-hydrogen) atoms. The van der Waals surface area contributed by atoms with E-state index in [1.807, 2.05) is 25.7 Å². The summed E-state index contributed by atoms with van der Waals surface area (Å²) in [7, 11) is 0. The van der Waals surface area contributed by atoms with E-state index in [2.05, 4.69) is 0 Å². The van der Waals surface area contributed by atoms with Gasteiger partial charge < -0.3 is 14.7 Å². The van der Waals surface area contributed by atoms with E-state index in [4.69, 9.17) is 9.84 Å². The van der Waals surface area contributed by atoms with Crippen LogP contribution in [0.3, 0.4) is 0 Å². The predicted octanol–water partition coefficient (Wildman–Crippen LogP) is 2.59. The van der Waals surface area contributed by atoms with Crippen LogP contribution < -0.4 is 9.64 Å². The van der Waals surface area contributed by atoms with Gasteiger partial charge in [0.25, 0.3) is 0 Å². The molecule has 0 bridgehead atoms. The number of hydrogen-bond donors (Lipinski definition) is 1. The summed E-state index contributed by atoms with van der Waals surface area (Å²) in [4.78, 5) is 12.5. The minimum Gasteiger partial charge on any atom is -0.484 e. The van der Waals surface area contributed by atoms with E-state index >= 15 is 0 Å². The summed E-state index contributed by atoms with van der Waals surface area (Å²) < 4.78 is 5.52. The lowest BCUT2D eigenvalue weighted by Crippen LogP contribution is -2.27. The van der Waals surface area contributed by atoms with Gasteiger partial charge in [-0.3, -0.25) is 10.1 Å². The van der Waals surface area contributed by atoms with Crippen molar-refractivity contribution < 1.29 is 14.8 Å². The van der Waals surface area contributed by atoms with Crippen LogP contribution in [0, 0.1) is 10.1 Å². The minimum atomic E-state index is -0.447. The van der Waals surface area contributed by atoms with E-state index in [0.717, 1.165) is 18.7 Å². The zero-order valence-electron chi connectivity index (χ0n) is 12.2. The van der Waals surface area contributed by atoms with Crippen LogP contribution in [0.2, 0.25) is 0 Å². The van der Waals surface area contributed by atoms with Crippen LogP contribution in [-0.4, -0.2) is 35.8 Å². The van der Waals surface area contributed by atoms with Crippen molar-refractivity contribution in [2.75, 3.05) is 24.6 Å². The summed E-state index contributed by atoms with van der Waals surface area (Å²) in [6.07, 6.45) is 0.790. The lowest BCUT2D eigenvalue weighted by molar-refractivity contribution is -0.386. The molecule has 0 fully saturated rings. The molecule has 0 saturated carbocycles. The number of nitro groups is 1. The minimum absolute atomic E-state index is 0.0390. The maximum absolute atomic E-state index is 11.0. The van der Waals surface area contributed by atoms with Crippen LogP contribution in [0.1, 0.15) is 27.2 Å². The zero-order valence-corrected chi connectivity index (χ0v) is 12.2. The van der Waals surface area contributed by atoms with Crippen LogP contribution in [-0.2, 0) is 0 Å². The van der Waals surface area contributed by atoms with Gasteiger partial charge >= 0.3 is 5.69 Å². The molecule has 0 heterocycles. The van der Waals surface area contributed by atoms with Gasteiger partial charge in [0, 0.05) is 30.9 Å². The summed E-state index contributed by atoms with van der Waals surface area (Å²) in [5.74, 6) is 0.265. The molecule has 0 aliphatic heterocycles. The molecule has 0 unspecified atom stereocenters. The molecular weight excluding hydrogens is 260 g/mol. The number of benzene rings is 1. The van der Waals surface area contributed by atoms with Gasteiger partial charge in [0.15, 0.2) is 5.75 Å². The van der Waals surface area contributed by atoms with E-state index in [-0.39, 0.29) is 24.1 Å². The molecule has 0 aliphatic carbocycles. The van der Waals surface area contributed by atoms with Crippen molar-refractivity contribution in [3.8, 4) is 5.75 Å². The number of nitro benzene ring substituents is 1. The van der Waals surface area contributed by atoms with Gasteiger partial charge in [0.2, 0.25) is 0 Å². The highest BCUT2D eigenvalue weighted by molar-refractivity contribution is 5.59. The third-order valence-corrected chi connectivity index (χ3v) is 2.73. The largest absolute Gasteiger partial charge is 0.484 e. The van der Waals surface area contributed by atoms with Crippen molar-refractivity contribution in [2.24, 2.45) is 0 Å². The van der Waals surface area contributed by atoms with Crippen LogP contribution in [0.5, 0.6) is 5.75 Å². The van der Waals surface area contributed by atoms with Gasteiger partial charge in [-0.1, -0.05) is 6.92 Å². The van der Waals surface area contributed by atoms with Crippen LogP contribution in [0.15, 0.2) is 18.2 Å². The molecule has 6 heteroatoms. The second-order valence-corrected chi connectivity index (χ2v) is 4.79. The number of anilines is 1. The Balaban J connectivity index is 3.12. The van der Waals surface area contributed by atoms with Crippen LogP contribution >= 0.6 is 0 Å². The first-order chi connectivity index (χ1) is 9.49. The van der Waals surface area contributed by atoms with E-state index < -0.39 is 4.92 Å².